The van der Waals surface area contributed by atoms with E-state index in [4.69, 9.17) is 10.8 Å². The molecule has 55 heavy (non-hydrogen) atoms. The number of furan rings is 1. The molecule has 6 aromatic carbocycles. The minimum absolute atomic E-state index is 0. The Morgan fingerprint density at radius 1 is 0.673 bits per heavy atom. The second-order valence-corrected chi connectivity index (χ2v) is 25.5. The van der Waals surface area contributed by atoms with Gasteiger partial charge >= 0.3 is 146 Å². The molecule has 0 aliphatic rings. The van der Waals surface area contributed by atoms with Crippen LogP contribution in [0.4, 0.5) is 0 Å². The molecule has 0 aliphatic heterocycles. The van der Waals surface area contributed by atoms with E-state index in [1.807, 2.05) is 42.5 Å². The summed E-state index contributed by atoms with van der Waals surface area (Å²) in [6.45, 7) is 4.13. The first kappa shape index (κ1) is 37.1. The topological polar surface area (TPSA) is 38.9 Å². The molecular weight excluding hydrogens is 909 g/mol. The smallest absolute Gasteiger partial charge is 0 e. The SMILES string of the molecule is [2H]C(CC)(CC)c1ccnc(-c2[c-]ccc3c2oc2cc(-c4ccccc4)ccc23)c1.[CH3][Ge]([CH3])([CH3])[c]1ccc(-c2[c-]cc3ccc4ccccc4c3c2)nc1.[Ir]. The number of aromatic nitrogens is 2. The van der Waals surface area contributed by atoms with Crippen molar-refractivity contribution < 1.29 is 25.9 Å². The fraction of sp³-hybridized carbons (Fsp3) is 0.160. The van der Waals surface area contributed by atoms with E-state index in [0.717, 1.165) is 74.0 Å². The zero-order chi connectivity index (χ0) is 38.2. The second-order valence-electron chi connectivity index (χ2n) is 14.8. The van der Waals surface area contributed by atoms with Gasteiger partial charge in [-0.1, -0.05) is 78.9 Å². The molecule has 1 radical (unpaired) electrons. The van der Waals surface area contributed by atoms with Gasteiger partial charge in [0.1, 0.15) is 5.58 Å². The van der Waals surface area contributed by atoms with Crippen molar-refractivity contribution in [2.45, 2.75) is 49.9 Å². The van der Waals surface area contributed by atoms with Crippen LogP contribution in [-0.4, -0.2) is 23.2 Å². The van der Waals surface area contributed by atoms with Gasteiger partial charge in [-0.2, -0.15) is 0 Å². The van der Waals surface area contributed by atoms with Gasteiger partial charge in [0, 0.05) is 33.1 Å². The predicted octanol–water partition coefficient (Wildman–Crippen LogP) is 13.4. The molecule has 275 valence electrons. The van der Waals surface area contributed by atoms with E-state index in [2.05, 4.69) is 145 Å². The van der Waals surface area contributed by atoms with Crippen LogP contribution >= 0.6 is 0 Å². The van der Waals surface area contributed by atoms with Crippen molar-refractivity contribution in [3.05, 3.63) is 164 Å². The number of fused-ring (bicyclic) bond motifs is 6. The van der Waals surface area contributed by atoms with Gasteiger partial charge in [0.25, 0.3) is 0 Å². The van der Waals surface area contributed by atoms with Crippen molar-refractivity contribution in [2.24, 2.45) is 0 Å². The second kappa shape index (κ2) is 16.5. The molecule has 9 aromatic rings. The van der Waals surface area contributed by atoms with Crippen LogP contribution in [0, 0.1) is 12.1 Å². The Hall–Kier alpha value is -4.87. The first-order valence-corrected chi connectivity index (χ1v) is 26.2. The summed E-state index contributed by atoms with van der Waals surface area (Å²) in [6, 6.07) is 52.9. The molecule has 0 fully saturated rings. The van der Waals surface area contributed by atoms with Gasteiger partial charge in [0.05, 0.1) is 5.58 Å². The average molecular weight is 955 g/mol. The molecule has 3 aromatic heterocycles. The summed E-state index contributed by atoms with van der Waals surface area (Å²) in [5.41, 5.74) is 8.61. The maximum Gasteiger partial charge on any atom is 0 e. The van der Waals surface area contributed by atoms with Gasteiger partial charge in [-0.3, -0.25) is 0 Å². The first-order chi connectivity index (χ1) is 26.6. The number of hydrogen-bond acceptors (Lipinski definition) is 3. The molecule has 3 nitrogen and oxygen atoms in total. The Labute approximate surface area is 342 Å². The minimum Gasteiger partial charge on any atom is 0 e. The summed E-state index contributed by atoms with van der Waals surface area (Å²) in [5.74, 6) is 6.57. The van der Waals surface area contributed by atoms with Crippen LogP contribution in [0.3, 0.4) is 0 Å². The summed E-state index contributed by atoms with van der Waals surface area (Å²) in [6.07, 6.45) is 5.38. The van der Waals surface area contributed by atoms with E-state index in [1.54, 1.807) is 6.20 Å². The van der Waals surface area contributed by atoms with Gasteiger partial charge in [-0.15, -0.1) is 18.2 Å². The summed E-state index contributed by atoms with van der Waals surface area (Å²) < 4.78 is 16.6. The molecule has 3 heterocycles. The maximum atomic E-state index is 8.81. The summed E-state index contributed by atoms with van der Waals surface area (Å²) in [7, 11) is 0. The van der Waals surface area contributed by atoms with E-state index < -0.39 is 19.2 Å². The van der Waals surface area contributed by atoms with Crippen molar-refractivity contribution in [2.75, 3.05) is 0 Å². The third-order valence-corrected chi connectivity index (χ3v) is 14.7. The van der Waals surface area contributed by atoms with E-state index in [9.17, 15) is 0 Å². The van der Waals surface area contributed by atoms with E-state index >= 15 is 0 Å². The Bertz CT molecular complexity index is 2790. The Morgan fingerprint density at radius 2 is 1.45 bits per heavy atom. The third-order valence-electron chi connectivity index (χ3n) is 10.4. The molecule has 0 spiro atoms. The van der Waals surface area contributed by atoms with Crippen molar-refractivity contribution in [3.63, 3.8) is 0 Å². The van der Waals surface area contributed by atoms with Gasteiger partial charge < -0.3 is 9.40 Å². The summed E-state index contributed by atoms with van der Waals surface area (Å²) in [5, 5.41) is 7.18. The normalized spacial score (nSPS) is 12.0. The molecule has 0 saturated carbocycles. The fourth-order valence-corrected chi connectivity index (χ4v) is 9.44. The number of benzene rings is 6. The van der Waals surface area contributed by atoms with Crippen molar-refractivity contribution in [1.29, 1.82) is 0 Å². The predicted molar refractivity (Wildman–Crippen MR) is 231 cm³/mol. The number of rotatable bonds is 7. The quantitative estimate of drug-likeness (QED) is 0.0908. The largest absolute Gasteiger partial charge is 0 e. The van der Waals surface area contributed by atoms with Crippen molar-refractivity contribution in [3.8, 4) is 33.6 Å². The monoisotopic (exact) mass is 956 g/mol. The van der Waals surface area contributed by atoms with Crippen LogP contribution in [0.1, 0.15) is 39.5 Å². The van der Waals surface area contributed by atoms with Crippen LogP contribution in [0.2, 0.25) is 17.3 Å². The molecule has 0 saturated heterocycles. The van der Waals surface area contributed by atoms with E-state index in [-0.39, 0.29) is 20.1 Å². The van der Waals surface area contributed by atoms with Crippen LogP contribution in [0.5, 0.6) is 0 Å². The number of nitrogens with zero attached hydrogens (tertiary/aromatic N) is 2. The zero-order valence-electron chi connectivity index (χ0n) is 32.9. The molecule has 0 amide bonds. The van der Waals surface area contributed by atoms with Crippen LogP contribution in [-0.2, 0) is 20.1 Å². The Kier molecular flexibility index (Phi) is 11.1. The fourth-order valence-electron chi connectivity index (χ4n) is 7.27. The Balaban J connectivity index is 0.000000174. The van der Waals surface area contributed by atoms with Crippen LogP contribution < -0.4 is 4.40 Å². The Morgan fingerprint density at radius 3 is 2.22 bits per heavy atom. The molecule has 0 unspecified atom stereocenters. The van der Waals surface area contributed by atoms with Crippen LogP contribution in [0.25, 0.3) is 77.1 Å². The third kappa shape index (κ3) is 7.96. The molecule has 0 bridgehead atoms. The molecule has 0 aliphatic carbocycles. The van der Waals surface area contributed by atoms with Gasteiger partial charge in [0.15, 0.2) is 0 Å². The summed E-state index contributed by atoms with van der Waals surface area (Å²) >= 11 is -1.81. The maximum absolute atomic E-state index is 8.81. The van der Waals surface area contributed by atoms with Crippen LogP contribution in [0.15, 0.2) is 150 Å². The van der Waals surface area contributed by atoms with Gasteiger partial charge in [-0.25, -0.2) is 0 Å². The van der Waals surface area contributed by atoms with Gasteiger partial charge in [0.2, 0.25) is 0 Å². The van der Waals surface area contributed by atoms with Crippen molar-refractivity contribution >= 4 is 61.1 Å². The molecule has 0 atom stereocenters. The first-order valence-electron chi connectivity index (χ1n) is 19.3. The van der Waals surface area contributed by atoms with E-state index in [0.29, 0.717) is 0 Å². The minimum atomic E-state index is -1.81. The summed E-state index contributed by atoms with van der Waals surface area (Å²) in [4.78, 5) is 9.32. The molecule has 0 N–H and O–H groups in total. The van der Waals surface area contributed by atoms with E-state index in [1.165, 1.54) is 25.9 Å². The molecule has 5 heteroatoms. The zero-order valence-corrected chi connectivity index (χ0v) is 36.4. The molecule has 9 rings (SSSR count). The number of pyridine rings is 2. The average Bonchev–Trinajstić information content (AvgIpc) is 3.62. The standard InChI is InChI=1S/C28H24NO.C22H20GeN.Ir/c1-3-19(4-2)22-15-16-29-26(17-22)25-12-8-11-24-23-14-13-21(18-27(23)30-28(24)25)20-9-6-5-7-10-20;1-23(2,3)19-12-13-22(24-15-19)18-11-10-17-9-8-16-6-4-5-7-20(16)21(17)14-18;/h5-11,13-19H,3-4H2,1-2H3;4-10,12-15H,1-3H3;/q2*-1;/i19D;;. The molecular formula is C50H44GeIrN2O-2. The van der Waals surface area contributed by atoms with Gasteiger partial charge in [-0.05, 0) is 47.7 Å². The van der Waals surface area contributed by atoms with Crippen molar-refractivity contribution in [1.82, 2.24) is 9.97 Å². The number of hydrogen-bond donors (Lipinski definition) is 0.